The van der Waals surface area contributed by atoms with E-state index in [9.17, 15) is 20.0 Å². The first kappa shape index (κ1) is 16.9. The van der Waals surface area contributed by atoms with Crippen molar-refractivity contribution in [1.29, 1.82) is 0 Å². The number of anilines is 1. The van der Waals surface area contributed by atoms with Gasteiger partial charge in [-0.25, -0.2) is 0 Å². The summed E-state index contributed by atoms with van der Waals surface area (Å²) in [6.45, 7) is 5.89. The van der Waals surface area contributed by atoms with Crippen LogP contribution in [0.25, 0.3) is 0 Å². The Labute approximate surface area is 123 Å². The van der Waals surface area contributed by atoms with Crippen LogP contribution < -0.4 is 11.1 Å². The second-order valence-corrected chi connectivity index (χ2v) is 5.93. The standard InChI is InChI=1S/C14H21N3O4/c1-9(18)7-14(2,3)8-16-13(19)10-4-5-11(15)12(6-10)17(20)21/h4-6,9,18H,7-8,15H2,1-3H3,(H,16,19). The highest BCUT2D eigenvalue weighted by atomic mass is 16.6. The summed E-state index contributed by atoms with van der Waals surface area (Å²) in [6.07, 6.45) is 0.0735. The van der Waals surface area contributed by atoms with Gasteiger partial charge in [0.15, 0.2) is 0 Å². The summed E-state index contributed by atoms with van der Waals surface area (Å²) < 4.78 is 0. The van der Waals surface area contributed by atoms with Gasteiger partial charge in [-0.3, -0.25) is 14.9 Å². The average Bonchev–Trinajstić information content (AvgIpc) is 2.34. The van der Waals surface area contributed by atoms with E-state index in [2.05, 4.69) is 5.32 Å². The van der Waals surface area contributed by atoms with Gasteiger partial charge in [0, 0.05) is 18.2 Å². The Morgan fingerprint density at radius 1 is 1.52 bits per heavy atom. The molecule has 0 saturated carbocycles. The maximum Gasteiger partial charge on any atom is 0.292 e. The van der Waals surface area contributed by atoms with Crippen molar-refractivity contribution in [3.8, 4) is 0 Å². The van der Waals surface area contributed by atoms with Crippen molar-refractivity contribution in [2.45, 2.75) is 33.3 Å². The number of hydrogen-bond acceptors (Lipinski definition) is 5. The number of nitrogens with one attached hydrogen (secondary N) is 1. The first-order valence-electron chi connectivity index (χ1n) is 6.62. The molecule has 1 atom stereocenters. The van der Waals surface area contributed by atoms with Crippen molar-refractivity contribution in [2.75, 3.05) is 12.3 Å². The van der Waals surface area contributed by atoms with Gasteiger partial charge in [-0.05, 0) is 30.9 Å². The largest absolute Gasteiger partial charge is 0.393 e. The summed E-state index contributed by atoms with van der Waals surface area (Å²) in [5.74, 6) is -0.406. The lowest BCUT2D eigenvalue weighted by molar-refractivity contribution is -0.383. The lowest BCUT2D eigenvalue weighted by Crippen LogP contribution is -2.35. The third-order valence-corrected chi connectivity index (χ3v) is 3.06. The second kappa shape index (κ2) is 6.53. The summed E-state index contributed by atoms with van der Waals surface area (Å²) in [6, 6.07) is 3.94. The number of nitrogens with zero attached hydrogens (tertiary/aromatic N) is 1. The van der Waals surface area contributed by atoms with E-state index < -0.39 is 16.9 Å². The molecule has 0 aliphatic carbocycles. The van der Waals surface area contributed by atoms with Gasteiger partial charge >= 0.3 is 0 Å². The van der Waals surface area contributed by atoms with E-state index in [0.29, 0.717) is 13.0 Å². The molecule has 1 aromatic rings. The van der Waals surface area contributed by atoms with E-state index >= 15 is 0 Å². The van der Waals surface area contributed by atoms with Gasteiger partial charge in [0.05, 0.1) is 11.0 Å². The fourth-order valence-corrected chi connectivity index (χ4v) is 2.14. The third-order valence-electron chi connectivity index (χ3n) is 3.06. The van der Waals surface area contributed by atoms with Gasteiger partial charge < -0.3 is 16.2 Å². The SMILES string of the molecule is CC(O)CC(C)(C)CNC(=O)c1ccc(N)c([N+](=O)[O-])c1. The number of carbonyl (C=O) groups excluding carboxylic acids is 1. The molecule has 0 spiro atoms. The minimum absolute atomic E-state index is 0.0194. The van der Waals surface area contributed by atoms with Crippen LogP contribution in [0.1, 0.15) is 37.6 Å². The number of nitro benzene ring substituents is 1. The Hall–Kier alpha value is -2.15. The van der Waals surface area contributed by atoms with Crippen LogP contribution >= 0.6 is 0 Å². The molecule has 7 heteroatoms. The lowest BCUT2D eigenvalue weighted by atomic mass is 9.87. The monoisotopic (exact) mass is 295 g/mol. The van der Waals surface area contributed by atoms with E-state index in [0.717, 1.165) is 6.07 Å². The van der Waals surface area contributed by atoms with Gasteiger partial charge in [0.2, 0.25) is 0 Å². The Morgan fingerprint density at radius 2 is 2.14 bits per heavy atom. The van der Waals surface area contributed by atoms with Crippen molar-refractivity contribution < 1.29 is 14.8 Å². The average molecular weight is 295 g/mol. The summed E-state index contributed by atoms with van der Waals surface area (Å²) in [4.78, 5) is 22.2. The fourth-order valence-electron chi connectivity index (χ4n) is 2.14. The van der Waals surface area contributed by atoms with Crippen LogP contribution in [-0.4, -0.2) is 28.6 Å². The van der Waals surface area contributed by atoms with E-state index in [1.54, 1.807) is 6.92 Å². The van der Waals surface area contributed by atoms with Crippen molar-refractivity contribution in [1.82, 2.24) is 5.32 Å². The number of nitrogen functional groups attached to an aromatic ring is 1. The molecule has 1 aromatic carbocycles. The molecule has 0 aliphatic rings. The van der Waals surface area contributed by atoms with Crippen LogP contribution in [0.2, 0.25) is 0 Å². The number of aliphatic hydroxyl groups is 1. The molecule has 0 bridgehead atoms. The van der Waals surface area contributed by atoms with Gasteiger partial charge in [-0.1, -0.05) is 13.8 Å². The Bertz CT molecular complexity index is 541. The Morgan fingerprint density at radius 3 is 2.67 bits per heavy atom. The number of aliphatic hydroxyl groups excluding tert-OH is 1. The summed E-state index contributed by atoms with van der Waals surface area (Å²) >= 11 is 0. The highest BCUT2D eigenvalue weighted by Crippen LogP contribution is 2.23. The van der Waals surface area contributed by atoms with Crippen molar-refractivity contribution in [2.24, 2.45) is 5.41 Å². The summed E-state index contributed by atoms with van der Waals surface area (Å²) in [5.41, 5.74) is 5.13. The number of amides is 1. The summed E-state index contributed by atoms with van der Waals surface area (Å²) in [7, 11) is 0. The zero-order valence-electron chi connectivity index (χ0n) is 12.4. The zero-order valence-corrected chi connectivity index (χ0v) is 12.4. The van der Waals surface area contributed by atoms with E-state index in [4.69, 9.17) is 5.73 Å². The zero-order chi connectivity index (χ0) is 16.2. The van der Waals surface area contributed by atoms with Crippen LogP contribution in [0.4, 0.5) is 11.4 Å². The maximum atomic E-state index is 12.0. The van der Waals surface area contributed by atoms with Gasteiger partial charge in [-0.2, -0.15) is 0 Å². The molecule has 0 saturated heterocycles. The minimum atomic E-state index is -0.622. The van der Waals surface area contributed by atoms with Crippen LogP contribution in [-0.2, 0) is 0 Å². The van der Waals surface area contributed by atoms with Gasteiger partial charge in [0.1, 0.15) is 5.69 Å². The predicted octanol–water partition coefficient (Wildman–Crippen LogP) is 1.70. The number of rotatable bonds is 6. The van der Waals surface area contributed by atoms with E-state index in [1.807, 2.05) is 13.8 Å². The van der Waals surface area contributed by atoms with Crippen molar-refractivity contribution in [3.63, 3.8) is 0 Å². The summed E-state index contributed by atoms with van der Waals surface area (Å²) in [5, 5.41) is 22.9. The molecular weight excluding hydrogens is 274 g/mol. The van der Waals surface area contributed by atoms with Crippen LogP contribution in [0.5, 0.6) is 0 Å². The topological polar surface area (TPSA) is 118 Å². The van der Waals surface area contributed by atoms with Crippen LogP contribution in [0.15, 0.2) is 18.2 Å². The normalized spacial score (nSPS) is 12.8. The number of nitro groups is 1. The Balaban J connectivity index is 2.77. The minimum Gasteiger partial charge on any atom is -0.393 e. The third kappa shape index (κ3) is 5.03. The molecule has 1 amide bonds. The molecule has 1 rings (SSSR count). The lowest BCUT2D eigenvalue weighted by Gasteiger charge is -2.26. The molecule has 0 aromatic heterocycles. The molecule has 0 radical (unpaired) electrons. The number of hydrogen-bond donors (Lipinski definition) is 3. The molecule has 116 valence electrons. The molecular formula is C14H21N3O4. The highest BCUT2D eigenvalue weighted by molar-refractivity contribution is 5.95. The van der Waals surface area contributed by atoms with Crippen LogP contribution in [0.3, 0.4) is 0 Å². The molecule has 0 aliphatic heterocycles. The first-order chi connectivity index (χ1) is 9.62. The van der Waals surface area contributed by atoms with E-state index in [1.165, 1.54) is 12.1 Å². The first-order valence-corrected chi connectivity index (χ1v) is 6.62. The molecule has 21 heavy (non-hydrogen) atoms. The van der Waals surface area contributed by atoms with Gasteiger partial charge in [0.25, 0.3) is 11.6 Å². The molecule has 7 nitrogen and oxygen atoms in total. The number of benzene rings is 1. The number of carbonyl (C=O) groups is 1. The second-order valence-electron chi connectivity index (χ2n) is 5.93. The number of nitrogens with two attached hydrogens (primary N) is 1. The predicted molar refractivity (Wildman–Crippen MR) is 79.9 cm³/mol. The van der Waals surface area contributed by atoms with Crippen molar-refractivity contribution >= 4 is 17.3 Å². The smallest absolute Gasteiger partial charge is 0.292 e. The maximum absolute atomic E-state index is 12.0. The Kier molecular flexibility index (Phi) is 5.26. The molecule has 0 heterocycles. The van der Waals surface area contributed by atoms with E-state index in [-0.39, 0.29) is 22.4 Å². The van der Waals surface area contributed by atoms with Crippen molar-refractivity contribution in [3.05, 3.63) is 33.9 Å². The van der Waals surface area contributed by atoms with Crippen LogP contribution in [0, 0.1) is 15.5 Å². The quantitative estimate of drug-likeness (QED) is 0.419. The molecule has 0 fully saturated rings. The fraction of sp³-hybridized carbons (Fsp3) is 0.500. The molecule has 1 unspecified atom stereocenters. The highest BCUT2D eigenvalue weighted by Gasteiger charge is 2.22. The molecule has 4 N–H and O–H groups in total. The van der Waals surface area contributed by atoms with Gasteiger partial charge in [-0.15, -0.1) is 0 Å².